The Balaban J connectivity index is 1.84. The van der Waals surface area contributed by atoms with Gasteiger partial charge in [0.15, 0.2) is 15.5 Å². The van der Waals surface area contributed by atoms with Gasteiger partial charge in [-0.3, -0.25) is 14.0 Å². The molecule has 1 atom stereocenters. The molecule has 0 bridgehead atoms. The van der Waals surface area contributed by atoms with Crippen molar-refractivity contribution < 1.29 is 22.7 Å². The zero-order valence-electron chi connectivity index (χ0n) is 14.3. The average molecular weight is 380 g/mol. The Morgan fingerprint density at radius 3 is 2.85 bits per heavy atom. The smallest absolute Gasteiger partial charge is 0.287 e. The van der Waals surface area contributed by atoms with E-state index < -0.39 is 27.7 Å². The maximum Gasteiger partial charge on any atom is 0.287 e. The van der Waals surface area contributed by atoms with Crippen molar-refractivity contribution in [1.82, 2.24) is 20.0 Å². The summed E-state index contributed by atoms with van der Waals surface area (Å²) in [6, 6.07) is 4.71. The van der Waals surface area contributed by atoms with Gasteiger partial charge in [0.05, 0.1) is 23.6 Å². The van der Waals surface area contributed by atoms with Gasteiger partial charge in [-0.1, -0.05) is 6.07 Å². The average Bonchev–Trinajstić information content (AvgIpc) is 3.15. The fourth-order valence-corrected chi connectivity index (χ4v) is 4.55. The molecule has 1 unspecified atom stereocenters. The second-order valence-electron chi connectivity index (χ2n) is 6.06. The minimum Gasteiger partial charge on any atom is -0.383 e. The molecule has 0 radical (unpaired) electrons. The van der Waals surface area contributed by atoms with Crippen molar-refractivity contribution >= 4 is 27.2 Å². The predicted octanol–water partition coefficient (Wildman–Crippen LogP) is -0.373. The maximum absolute atomic E-state index is 12.6. The number of pyridine rings is 1. The maximum atomic E-state index is 12.6. The van der Waals surface area contributed by atoms with E-state index >= 15 is 0 Å². The molecule has 0 aliphatic carbocycles. The highest BCUT2D eigenvalue weighted by Gasteiger charge is 2.30. The van der Waals surface area contributed by atoms with Gasteiger partial charge in [-0.05, 0) is 18.6 Å². The predicted molar refractivity (Wildman–Crippen MR) is 93.9 cm³/mol. The number of nitrogens with one attached hydrogen (secondary N) is 2. The number of amides is 2. The lowest BCUT2D eigenvalue weighted by Gasteiger charge is -2.09. The highest BCUT2D eigenvalue weighted by molar-refractivity contribution is 7.91. The van der Waals surface area contributed by atoms with Crippen molar-refractivity contribution in [1.29, 1.82) is 0 Å². The third-order valence-electron chi connectivity index (χ3n) is 4.13. The normalized spacial score (nSPS) is 18.7. The summed E-state index contributed by atoms with van der Waals surface area (Å²) in [6.45, 7) is 0.678. The number of hydrogen-bond acceptors (Lipinski definition) is 6. The van der Waals surface area contributed by atoms with Crippen LogP contribution in [0, 0.1) is 0 Å². The number of sulfone groups is 1. The number of nitrogens with zero attached hydrogens (tertiary/aromatic N) is 2. The monoisotopic (exact) mass is 380 g/mol. The second-order valence-corrected chi connectivity index (χ2v) is 8.29. The number of ether oxygens (including phenoxy) is 1. The molecule has 0 aromatic carbocycles. The summed E-state index contributed by atoms with van der Waals surface area (Å²) in [5.41, 5.74) is 0.564. The van der Waals surface area contributed by atoms with Crippen LogP contribution < -0.4 is 10.6 Å². The quantitative estimate of drug-likeness (QED) is 0.660. The minimum absolute atomic E-state index is 0.0645. The van der Waals surface area contributed by atoms with Crippen molar-refractivity contribution in [3.8, 4) is 0 Å². The first-order valence-corrected chi connectivity index (χ1v) is 9.99. The van der Waals surface area contributed by atoms with Gasteiger partial charge in [0.2, 0.25) is 5.82 Å². The van der Waals surface area contributed by atoms with E-state index in [1.165, 1.54) is 11.5 Å². The van der Waals surface area contributed by atoms with Crippen LogP contribution in [0.5, 0.6) is 0 Å². The van der Waals surface area contributed by atoms with Crippen LogP contribution in [0.1, 0.15) is 27.5 Å². The number of carbonyl (C=O) groups excluding carboxylic acids is 2. The molecular weight excluding hydrogens is 360 g/mol. The molecule has 1 aliphatic heterocycles. The van der Waals surface area contributed by atoms with Gasteiger partial charge < -0.3 is 15.4 Å². The van der Waals surface area contributed by atoms with E-state index in [0.717, 1.165) is 0 Å². The number of aromatic nitrogens is 2. The first-order valence-electron chi connectivity index (χ1n) is 8.17. The molecule has 140 valence electrons. The van der Waals surface area contributed by atoms with Gasteiger partial charge in [0.1, 0.15) is 0 Å². The molecule has 10 heteroatoms. The molecule has 3 heterocycles. The van der Waals surface area contributed by atoms with Crippen molar-refractivity contribution in [3.63, 3.8) is 0 Å². The van der Waals surface area contributed by atoms with Crippen LogP contribution in [-0.4, -0.2) is 67.4 Å². The van der Waals surface area contributed by atoms with E-state index in [0.29, 0.717) is 25.1 Å². The first kappa shape index (κ1) is 18.3. The Morgan fingerprint density at radius 2 is 2.15 bits per heavy atom. The third kappa shape index (κ3) is 3.86. The first-order chi connectivity index (χ1) is 12.4. The molecule has 2 aromatic rings. The van der Waals surface area contributed by atoms with Gasteiger partial charge in [-0.2, -0.15) is 0 Å². The van der Waals surface area contributed by atoms with Crippen LogP contribution in [0.15, 0.2) is 24.4 Å². The Kier molecular flexibility index (Phi) is 5.23. The summed E-state index contributed by atoms with van der Waals surface area (Å²) >= 11 is 0. The summed E-state index contributed by atoms with van der Waals surface area (Å²) in [5, 5.41) is 5.37. The summed E-state index contributed by atoms with van der Waals surface area (Å²) in [7, 11) is -1.57. The van der Waals surface area contributed by atoms with Crippen molar-refractivity contribution in [2.75, 3.05) is 31.8 Å². The van der Waals surface area contributed by atoms with Crippen molar-refractivity contribution in [2.24, 2.45) is 0 Å². The number of carbonyl (C=O) groups is 2. The summed E-state index contributed by atoms with van der Waals surface area (Å²) in [5.74, 6) is -0.845. The zero-order valence-corrected chi connectivity index (χ0v) is 15.1. The molecule has 1 aliphatic rings. The van der Waals surface area contributed by atoms with E-state index in [9.17, 15) is 18.0 Å². The van der Waals surface area contributed by atoms with E-state index in [2.05, 4.69) is 15.6 Å². The van der Waals surface area contributed by atoms with Crippen molar-refractivity contribution in [2.45, 2.75) is 12.5 Å². The molecule has 26 heavy (non-hydrogen) atoms. The summed E-state index contributed by atoms with van der Waals surface area (Å²) in [6.07, 6.45) is 2.02. The molecule has 2 N–H and O–H groups in total. The van der Waals surface area contributed by atoms with Crippen LogP contribution in [0.3, 0.4) is 0 Å². The van der Waals surface area contributed by atoms with E-state index in [-0.39, 0.29) is 23.0 Å². The topological polar surface area (TPSA) is 119 Å². The Morgan fingerprint density at radius 1 is 1.35 bits per heavy atom. The van der Waals surface area contributed by atoms with Crippen molar-refractivity contribution in [3.05, 3.63) is 35.9 Å². The number of methoxy groups -OCH3 is 1. The molecule has 2 aromatic heterocycles. The number of imidazole rings is 1. The highest BCUT2D eigenvalue weighted by Crippen LogP contribution is 2.16. The lowest BCUT2D eigenvalue weighted by atomic mass is 10.2. The fourth-order valence-electron chi connectivity index (χ4n) is 2.87. The minimum atomic E-state index is -3.10. The molecule has 1 fully saturated rings. The summed E-state index contributed by atoms with van der Waals surface area (Å²) in [4.78, 5) is 29.1. The molecule has 0 saturated carbocycles. The number of fused-ring (bicyclic) bond motifs is 1. The largest absolute Gasteiger partial charge is 0.383 e. The van der Waals surface area contributed by atoms with Gasteiger partial charge in [0.25, 0.3) is 11.8 Å². The zero-order chi connectivity index (χ0) is 18.7. The molecule has 1 saturated heterocycles. The van der Waals surface area contributed by atoms with Crippen LogP contribution in [0.2, 0.25) is 0 Å². The molecule has 2 amide bonds. The van der Waals surface area contributed by atoms with Crippen LogP contribution in [-0.2, 0) is 14.6 Å². The van der Waals surface area contributed by atoms with Crippen LogP contribution in [0.4, 0.5) is 0 Å². The lowest BCUT2D eigenvalue weighted by molar-refractivity contribution is 0.0926. The standard InChI is InChI=1S/C16H20N4O5S/c1-25-8-6-17-16(22)14-19-13(12-4-2-3-7-20(12)14)15(21)18-11-5-9-26(23,24)10-11/h2-4,7,11H,5-6,8-10H2,1H3,(H,17,22)(H,18,21). The summed E-state index contributed by atoms with van der Waals surface area (Å²) < 4.78 is 29.5. The number of rotatable bonds is 6. The van der Waals surface area contributed by atoms with Gasteiger partial charge in [-0.25, -0.2) is 13.4 Å². The molecule has 3 rings (SSSR count). The molecular formula is C16H20N4O5S. The Labute approximate surface area is 150 Å². The van der Waals surface area contributed by atoms with Gasteiger partial charge in [-0.15, -0.1) is 0 Å². The fraction of sp³-hybridized carbons (Fsp3) is 0.438. The van der Waals surface area contributed by atoms with E-state index in [1.54, 1.807) is 24.4 Å². The van der Waals surface area contributed by atoms with E-state index in [1.807, 2.05) is 0 Å². The third-order valence-corrected chi connectivity index (χ3v) is 5.89. The number of hydrogen-bond donors (Lipinski definition) is 2. The van der Waals surface area contributed by atoms with Gasteiger partial charge in [0, 0.05) is 25.9 Å². The molecule has 0 spiro atoms. The van der Waals surface area contributed by atoms with Crippen LogP contribution in [0.25, 0.3) is 5.52 Å². The van der Waals surface area contributed by atoms with Crippen LogP contribution >= 0.6 is 0 Å². The SMILES string of the molecule is COCCNC(=O)c1nc(C(=O)NC2CCS(=O)(=O)C2)c2ccccn12. The highest BCUT2D eigenvalue weighted by atomic mass is 32.2. The second kappa shape index (κ2) is 7.42. The Bertz CT molecular complexity index is 937. The lowest BCUT2D eigenvalue weighted by Crippen LogP contribution is -2.36. The molecule has 9 nitrogen and oxygen atoms in total. The van der Waals surface area contributed by atoms with Gasteiger partial charge >= 0.3 is 0 Å². The van der Waals surface area contributed by atoms with E-state index in [4.69, 9.17) is 4.74 Å². The Hall–Kier alpha value is -2.46.